The second-order valence-corrected chi connectivity index (χ2v) is 5.59. The van der Waals surface area contributed by atoms with Crippen LogP contribution in [0.3, 0.4) is 0 Å². The van der Waals surface area contributed by atoms with Crippen molar-refractivity contribution in [2.45, 2.75) is 12.8 Å². The van der Waals surface area contributed by atoms with Crippen molar-refractivity contribution in [1.29, 1.82) is 0 Å². The molecule has 25 heavy (non-hydrogen) atoms. The van der Waals surface area contributed by atoms with Crippen LogP contribution < -0.4 is 9.47 Å². The Morgan fingerprint density at radius 2 is 1.68 bits per heavy atom. The predicted octanol–water partition coefficient (Wildman–Crippen LogP) is 3.71. The summed E-state index contributed by atoms with van der Waals surface area (Å²) in [5.74, 6) is 0.737. The Kier molecular flexibility index (Phi) is 5.46. The second kappa shape index (κ2) is 8.15. The molecule has 0 saturated heterocycles. The smallest absolute Gasteiger partial charge is 0.303 e. The molecule has 0 bridgehead atoms. The SMILES string of the molecule is O=C(O)CCc1ccc(OCCOc2ccc3ncccc3c2)cc1. The predicted molar refractivity (Wildman–Crippen MR) is 95.1 cm³/mol. The Balaban J connectivity index is 1.45. The summed E-state index contributed by atoms with van der Waals surface area (Å²) in [7, 11) is 0. The number of ether oxygens (including phenoxy) is 2. The molecule has 1 heterocycles. The van der Waals surface area contributed by atoms with Crippen LogP contribution in [0.4, 0.5) is 0 Å². The molecule has 5 nitrogen and oxygen atoms in total. The number of pyridine rings is 1. The third-order valence-corrected chi connectivity index (χ3v) is 3.75. The molecule has 3 aromatic rings. The lowest BCUT2D eigenvalue weighted by molar-refractivity contribution is -0.136. The van der Waals surface area contributed by atoms with Gasteiger partial charge in [-0.25, -0.2) is 0 Å². The summed E-state index contributed by atoms with van der Waals surface area (Å²) in [6, 6.07) is 17.1. The Morgan fingerprint density at radius 3 is 2.44 bits per heavy atom. The van der Waals surface area contributed by atoms with Gasteiger partial charge in [0.05, 0.1) is 5.52 Å². The second-order valence-electron chi connectivity index (χ2n) is 5.59. The van der Waals surface area contributed by atoms with E-state index < -0.39 is 5.97 Å². The van der Waals surface area contributed by atoms with Gasteiger partial charge in [-0.05, 0) is 48.4 Å². The van der Waals surface area contributed by atoms with Gasteiger partial charge in [0, 0.05) is 18.0 Å². The van der Waals surface area contributed by atoms with Gasteiger partial charge >= 0.3 is 5.97 Å². The molecule has 1 N–H and O–H groups in total. The fraction of sp³-hybridized carbons (Fsp3) is 0.200. The van der Waals surface area contributed by atoms with Crippen LogP contribution in [0.5, 0.6) is 11.5 Å². The van der Waals surface area contributed by atoms with Gasteiger partial charge in [-0.2, -0.15) is 0 Å². The van der Waals surface area contributed by atoms with E-state index in [2.05, 4.69) is 4.98 Å². The number of benzene rings is 2. The quantitative estimate of drug-likeness (QED) is 0.635. The van der Waals surface area contributed by atoms with Crippen LogP contribution in [0, 0.1) is 0 Å². The van der Waals surface area contributed by atoms with Crippen molar-refractivity contribution >= 4 is 16.9 Å². The average molecular weight is 337 g/mol. The first-order valence-corrected chi connectivity index (χ1v) is 8.12. The Morgan fingerprint density at radius 1 is 0.960 bits per heavy atom. The zero-order valence-electron chi connectivity index (χ0n) is 13.7. The van der Waals surface area contributed by atoms with Gasteiger partial charge in [0.15, 0.2) is 0 Å². The molecule has 3 rings (SSSR count). The number of hydrogen-bond donors (Lipinski definition) is 1. The molecule has 0 unspecified atom stereocenters. The van der Waals surface area contributed by atoms with Crippen LogP contribution in [0.15, 0.2) is 60.8 Å². The first kappa shape index (κ1) is 16.8. The number of nitrogens with zero attached hydrogens (tertiary/aromatic N) is 1. The van der Waals surface area contributed by atoms with Crippen LogP contribution in [-0.4, -0.2) is 29.3 Å². The largest absolute Gasteiger partial charge is 0.490 e. The molecule has 128 valence electrons. The van der Waals surface area contributed by atoms with Crippen molar-refractivity contribution in [3.05, 3.63) is 66.4 Å². The van der Waals surface area contributed by atoms with Crippen molar-refractivity contribution in [2.24, 2.45) is 0 Å². The molecule has 2 aromatic carbocycles. The number of carboxylic acids is 1. The molecule has 1 aromatic heterocycles. The Hall–Kier alpha value is -3.08. The first-order chi connectivity index (χ1) is 12.2. The van der Waals surface area contributed by atoms with Crippen molar-refractivity contribution in [2.75, 3.05) is 13.2 Å². The highest BCUT2D eigenvalue weighted by Crippen LogP contribution is 2.19. The van der Waals surface area contributed by atoms with E-state index in [1.54, 1.807) is 6.20 Å². The normalized spacial score (nSPS) is 10.6. The lowest BCUT2D eigenvalue weighted by Crippen LogP contribution is -2.09. The van der Waals surface area contributed by atoms with Gasteiger partial charge in [0.2, 0.25) is 0 Å². The molecular weight excluding hydrogens is 318 g/mol. The molecule has 0 aliphatic heterocycles. The van der Waals surface area contributed by atoms with Gasteiger partial charge < -0.3 is 14.6 Å². The number of aliphatic carboxylic acids is 1. The number of aryl methyl sites for hydroxylation is 1. The van der Waals surface area contributed by atoms with Crippen molar-refractivity contribution < 1.29 is 19.4 Å². The first-order valence-electron chi connectivity index (χ1n) is 8.12. The number of aromatic nitrogens is 1. The number of carboxylic acid groups (broad SMARTS) is 1. The summed E-state index contributed by atoms with van der Waals surface area (Å²) in [6.07, 6.45) is 2.43. The van der Waals surface area contributed by atoms with Crippen molar-refractivity contribution in [3.8, 4) is 11.5 Å². The summed E-state index contributed by atoms with van der Waals surface area (Å²) >= 11 is 0. The number of fused-ring (bicyclic) bond motifs is 1. The van der Waals surface area contributed by atoms with Crippen molar-refractivity contribution in [3.63, 3.8) is 0 Å². The van der Waals surface area contributed by atoms with Gasteiger partial charge in [0.25, 0.3) is 0 Å². The molecule has 0 atom stereocenters. The Labute approximate surface area is 145 Å². The van der Waals surface area contributed by atoms with Gasteiger partial charge in [-0.1, -0.05) is 18.2 Å². The molecule has 0 amide bonds. The highest BCUT2D eigenvalue weighted by molar-refractivity contribution is 5.79. The van der Waals surface area contributed by atoms with E-state index in [0.29, 0.717) is 19.6 Å². The van der Waals surface area contributed by atoms with E-state index >= 15 is 0 Å². The number of hydrogen-bond acceptors (Lipinski definition) is 4. The fourth-order valence-electron chi connectivity index (χ4n) is 2.47. The van der Waals surface area contributed by atoms with E-state index in [4.69, 9.17) is 14.6 Å². The maximum atomic E-state index is 10.6. The highest BCUT2D eigenvalue weighted by atomic mass is 16.5. The van der Waals surface area contributed by atoms with E-state index in [1.165, 1.54) is 0 Å². The molecule has 0 saturated carbocycles. The van der Waals surface area contributed by atoms with E-state index in [-0.39, 0.29) is 6.42 Å². The number of rotatable bonds is 8. The van der Waals surface area contributed by atoms with Crippen LogP contribution in [-0.2, 0) is 11.2 Å². The molecule has 0 aliphatic carbocycles. The summed E-state index contributed by atoms with van der Waals surface area (Å²) in [5.41, 5.74) is 1.92. The third kappa shape index (κ3) is 4.94. The minimum atomic E-state index is -0.790. The monoisotopic (exact) mass is 337 g/mol. The fourth-order valence-corrected chi connectivity index (χ4v) is 2.47. The zero-order chi connectivity index (χ0) is 17.5. The van der Waals surface area contributed by atoms with E-state index in [9.17, 15) is 4.79 Å². The minimum Gasteiger partial charge on any atom is -0.490 e. The summed E-state index contributed by atoms with van der Waals surface area (Å²) in [5, 5.41) is 9.72. The topological polar surface area (TPSA) is 68.7 Å². The standard InChI is InChI=1S/C20H19NO4/c22-20(23)10-5-15-3-6-17(7-4-15)24-12-13-25-18-8-9-19-16(14-18)2-1-11-21-19/h1-4,6-9,11,14H,5,10,12-13H2,(H,22,23). The lowest BCUT2D eigenvalue weighted by Gasteiger charge is -2.09. The van der Waals surface area contributed by atoms with Gasteiger partial charge in [-0.3, -0.25) is 9.78 Å². The van der Waals surface area contributed by atoms with Crippen molar-refractivity contribution in [1.82, 2.24) is 4.98 Å². The summed E-state index contributed by atoms with van der Waals surface area (Å²) < 4.78 is 11.3. The van der Waals surface area contributed by atoms with Crippen LogP contribution in [0.2, 0.25) is 0 Å². The molecule has 0 aliphatic rings. The minimum absolute atomic E-state index is 0.134. The third-order valence-electron chi connectivity index (χ3n) is 3.75. The lowest BCUT2D eigenvalue weighted by atomic mass is 10.1. The average Bonchev–Trinajstić information content (AvgIpc) is 2.64. The maximum Gasteiger partial charge on any atom is 0.303 e. The number of carbonyl (C=O) groups is 1. The summed E-state index contributed by atoms with van der Waals surface area (Å²) in [4.78, 5) is 14.8. The molecule has 0 spiro atoms. The van der Waals surface area contributed by atoms with Gasteiger partial charge in [0.1, 0.15) is 24.7 Å². The molecule has 0 fully saturated rings. The van der Waals surface area contributed by atoms with Crippen LogP contribution in [0.25, 0.3) is 10.9 Å². The van der Waals surface area contributed by atoms with E-state index in [0.717, 1.165) is 28.0 Å². The maximum absolute atomic E-state index is 10.6. The van der Waals surface area contributed by atoms with Gasteiger partial charge in [-0.15, -0.1) is 0 Å². The zero-order valence-corrected chi connectivity index (χ0v) is 13.7. The molecule has 0 radical (unpaired) electrons. The van der Waals surface area contributed by atoms with E-state index in [1.807, 2.05) is 54.6 Å². The highest BCUT2D eigenvalue weighted by Gasteiger charge is 2.01. The molecule has 5 heteroatoms. The Bertz CT molecular complexity index is 846. The summed E-state index contributed by atoms with van der Waals surface area (Å²) in [6.45, 7) is 0.867. The van der Waals surface area contributed by atoms with Crippen LogP contribution in [0.1, 0.15) is 12.0 Å². The van der Waals surface area contributed by atoms with Crippen LogP contribution >= 0.6 is 0 Å². The molecular formula is C20H19NO4.